The number of hydrogen-bond acceptors (Lipinski definition) is 13. The fraction of sp³-hybridized carbons (Fsp3) is 0.583. The number of thioether (sulfide) groups is 2. The van der Waals surface area contributed by atoms with Crippen LogP contribution in [0.2, 0.25) is 0 Å². The molecule has 0 aliphatic carbocycles. The topological polar surface area (TPSA) is 150 Å². The zero-order valence-corrected chi connectivity index (χ0v) is 25.9. The van der Waals surface area contributed by atoms with Crippen molar-refractivity contribution in [2.75, 3.05) is 23.9 Å². The number of anilines is 1. The number of alkyl halides is 1. The summed E-state index contributed by atoms with van der Waals surface area (Å²) in [6, 6.07) is 0. The third kappa shape index (κ3) is 7.34. The second-order valence-electron chi connectivity index (χ2n) is 10.4. The molecule has 1 aromatic heterocycles. The summed E-state index contributed by atoms with van der Waals surface area (Å²) in [4.78, 5) is 62.9. The van der Waals surface area contributed by atoms with Gasteiger partial charge < -0.3 is 24.9 Å². The third-order valence-electron chi connectivity index (χ3n) is 5.72. The number of allylic oxidation sites excluding steroid dienone is 1. The SMILES string of the molecule is [B]OC(=O)[C@@]1(SC/C=C/CCl)CN2C(=O)[C@@H](CC(=O)/C(=N\OC(C)(C)C(=O)OC(C)(C)C)c3csc(N)n3)C2S1. The van der Waals surface area contributed by atoms with Gasteiger partial charge in [-0.05, 0) is 34.6 Å². The van der Waals surface area contributed by atoms with Crippen molar-refractivity contribution in [3.8, 4) is 0 Å². The number of amides is 1. The molecule has 0 spiro atoms. The Morgan fingerprint density at radius 3 is 2.60 bits per heavy atom. The van der Waals surface area contributed by atoms with Crippen molar-refractivity contribution in [3.05, 3.63) is 23.2 Å². The predicted octanol–water partition coefficient (Wildman–Crippen LogP) is 2.91. The number of nitrogens with two attached hydrogens (primary N) is 1. The van der Waals surface area contributed by atoms with Crippen LogP contribution >= 0.6 is 46.5 Å². The maximum absolute atomic E-state index is 13.5. The second-order valence-corrected chi connectivity index (χ2v) is 14.6. The smallest absolute Gasteiger partial charge is 0.378 e. The number of oxime groups is 1. The molecule has 2 N–H and O–H groups in total. The van der Waals surface area contributed by atoms with E-state index < -0.39 is 44.3 Å². The van der Waals surface area contributed by atoms with E-state index in [1.807, 2.05) is 6.08 Å². The molecule has 0 saturated carbocycles. The van der Waals surface area contributed by atoms with Crippen LogP contribution in [0.4, 0.5) is 5.13 Å². The van der Waals surface area contributed by atoms with E-state index in [2.05, 4.69) is 14.8 Å². The molecule has 1 amide bonds. The fourth-order valence-electron chi connectivity index (χ4n) is 3.74. The van der Waals surface area contributed by atoms with Gasteiger partial charge in [0.25, 0.3) is 0 Å². The lowest BCUT2D eigenvalue weighted by molar-refractivity contribution is -0.179. The van der Waals surface area contributed by atoms with E-state index in [0.717, 1.165) is 11.3 Å². The summed E-state index contributed by atoms with van der Waals surface area (Å²) >= 11 is 9.26. The zero-order chi connectivity index (χ0) is 29.9. The highest BCUT2D eigenvalue weighted by molar-refractivity contribution is 8.20. The molecule has 2 fully saturated rings. The molecule has 11 nitrogen and oxygen atoms in total. The van der Waals surface area contributed by atoms with Gasteiger partial charge in [-0.1, -0.05) is 17.3 Å². The van der Waals surface area contributed by atoms with Gasteiger partial charge in [0.2, 0.25) is 11.5 Å². The number of halogens is 1. The molecule has 3 atom stereocenters. The monoisotopic (exact) mass is 628 g/mol. The highest BCUT2D eigenvalue weighted by Gasteiger charge is 2.62. The number of fused-ring (bicyclic) bond motifs is 1. The minimum absolute atomic E-state index is 0.0814. The number of β-lactam (4-membered cyclic amide) rings is 1. The zero-order valence-electron chi connectivity index (χ0n) is 22.7. The Hall–Kier alpha value is -2.23. The van der Waals surface area contributed by atoms with E-state index in [1.54, 1.807) is 26.8 Å². The number of rotatable bonds is 12. The molecule has 2 aliphatic heterocycles. The van der Waals surface area contributed by atoms with E-state index in [4.69, 9.17) is 35.0 Å². The predicted molar refractivity (Wildman–Crippen MR) is 157 cm³/mol. The standard InChI is InChI=1S/C24H30BClN4O7S3/c1-22(2,3)35-19(33)23(4,5)37-29-16(14-11-38-21(27)28-14)15(31)10-13-17(32)30-12-24(20(34)36-25,40-18(13)30)39-9-7-6-8-26/h6-7,11,13,18H,8-10,12H2,1-5H3,(H2,27,28)/b7-6+,29-16-/t13-,18?,24-/m1/s1. The van der Waals surface area contributed by atoms with Gasteiger partial charge >= 0.3 is 20.0 Å². The largest absolute Gasteiger partial charge is 0.542 e. The van der Waals surface area contributed by atoms with Crippen LogP contribution in [0.25, 0.3) is 0 Å². The minimum Gasteiger partial charge on any atom is -0.542 e. The van der Waals surface area contributed by atoms with E-state index in [0.29, 0.717) is 11.6 Å². The lowest BCUT2D eigenvalue weighted by atomic mass is 9.90. The first-order valence-corrected chi connectivity index (χ1v) is 15.4. The van der Waals surface area contributed by atoms with Crippen LogP contribution < -0.4 is 5.73 Å². The fourth-order valence-corrected chi connectivity index (χ4v) is 7.51. The van der Waals surface area contributed by atoms with Gasteiger partial charge in [0.15, 0.2) is 20.7 Å². The average Bonchev–Trinajstić information content (AvgIpc) is 3.46. The number of carbonyl (C=O) groups excluding carboxylic acids is 4. The van der Waals surface area contributed by atoms with Crippen LogP contribution in [0.1, 0.15) is 46.7 Å². The first-order valence-electron chi connectivity index (χ1n) is 12.1. The van der Waals surface area contributed by atoms with Crippen molar-refractivity contribution in [1.82, 2.24) is 9.88 Å². The van der Waals surface area contributed by atoms with Crippen LogP contribution in [-0.4, -0.2) is 86.1 Å². The molecule has 3 rings (SSSR count). The van der Waals surface area contributed by atoms with Crippen LogP contribution in [0, 0.1) is 5.92 Å². The number of nitrogen functional groups attached to an aromatic ring is 1. The Balaban J connectivity index is 1.79. The van der Waals surface area contributed by atoms with Crippen molar-refractivity contribution in [2.24, 2.45) is 11.1 Å². The van der Waals surface area contributed by atoms with Gasteiger partial charge in [0.1, 0.15) is 11.3 Å². The van der Waals surface area contributed by atoms with Crippen molar-refractivity contribution in [3.63, 3.8) is 0 Å². The molecule has 16 heteroatoms. The first kappa shape index (κ1) is 32.3. The Bertz CT molecular complexity index is 1220. The molecule has 1 unspecified atom stereocenters. The number of ether oxygens (including phenoxy) is 1. The number of aromatic nitrogens is 1. The Labute approximate surface area is 251 Å². The number of esters is 1. The van der Waals surface area contributed by atoms with Gasteiger partial charge in [-0.25, -0.2) is 9.78 Å². The summed E-state index contributed by atoms with van der Waals surface area (Å²) in [5, 5.41) is 5.26. The van der Waals surface area contributed by atoms with Crippen LogP contribution in [0.5, 0.6) is 0 Å². The van der Waals surface area contributed by atoms with E-state index in [-0.39, 0.29) is 35.4 Å². The lowest BCUT2D eigenvalue weighted by Crippen LogP contribution is -2.57. The molecule has 1 aromatic rings. The quantitative estimate of drug-likeness (QED) is 0.0692. The Kier molecular flexibility index (Phi) is 10.3. The van der Waals surface area contributed by atoms with Gasteiger partial charge in [-0.2, -0.15) is 0 Å². The minimum atomic E-state index is -1.53. The maximum atomic E-state index is 13.5. The first-order chi connectivity index (χ1) is 18.6. The maximum Gasteiger partial charge on any atom is 0.378 e. The lowest BCUT2D eigenvalue weighted by Gasteiger charge is -2.41. The molecule has 216 valence electrons. The number of Topliss-reactive ketones (excluding diaryl/α,β-unsaturated/α-hetero) is 1. The average molecular weight is 629 g/mol. The van der Waals surface area contributed by atoms with Crippen LogP contribution in [0.3, 0.4) is 0 Å². The van der Waals surface area contributed by atoms with Gasteiger partial charge in [-0.15, -0.1) is 46.5 Å². The number of carbonyl (C=O) groups is 4. The number of hydrogen-bond donors (Lipinski definition) is 1. The van der Waals surface area contributed by atoms with Crippen molar-refractivity contribution >= 4 is 89.0 Å². The molecular weight excluding hydrogens is 599 g/mol. The van der Waals surface area contributed by atoms with Crippen LogP contribution in [0.15, 0.2) is 22.7 Å². The highest BCUT2D eigenvalue weighted by atomic mass is 35.5. The van der Waals surface area contributed by atoms with E-state index in [1.165, 1.54) is 47.7 Å². The molecule has 0 bridgehead atoms. The van der Waals surface area contributed by atoms with Crippen LogP contribution in [-0.2, 0) is 33.4 Å². The number of thiazole rings is 1. The van der Waals surface area contributed by atoms with Gasteiger partial charge in [0.05, 0.1) is 17.8 Å². The number of ketones is 1. The summed E-state index contributed by atoms with van der Waals surface area (Å²) < 4.78 is 8.79. The molecule has 2 aliphatic rings. The Morgan fingerprint density at radius 2 is 2.02 bits per heavy atom. The second kappa shape index (κ2) is 12.7. The molecule has 2 radical (unpaired) electrons. The highest BCUT2D eigenvalue weighted by Crippen LogP contribution is 2.55. The molecule has 0 aromatic carbocycles. The summed E-state index contributed by atoms with van der Waals surface area (Å²) in [6.45, 7) is 8.15. The summed E-state index contributed by atoms with van der Waals surface area (Å²) in [5.74, 6) is -2.15. The summed E-state index contributed by atoms with van der Waals surface area (Å²) in [5.41, 5.74) is 3.45. The van der Waals surface area contributed by atoms with E-state index in [9.17, 15) is 19.2 Å². The summed E-state index contributed by atoms with van der Waals surface area (Å²) in [6.07, 6.45) is 3.32. The van der Waals surface area contributed by atoms with Crippen molar-refractivity contribution in [1.29, 1.82) is 0 Å². The molecule has 2 saturated heterocycles. The summed E-state index contributed by atoms with van der Waals surface area (Å²) in [7, 11) is 5.21. The van der Waals surface area contributed by atoms with Gasteiger partial charge in [0, 0.05) is 23.4 Å². The normalized spacial score (nSPS) is 23.1. The molecule has 40 heavy (non-hydrogen) atoms. The third-order valence-corrected chi connectivity index (χ3v) is 9.83. The Morgan fingerprint density at radius 1 is 1.32 bits per heavy atom. The van der Waals surface area contributed by atoms with Crippen molar-refractivity contribution in [2.45, 2.75) is 61.7 Å². The molecular formula is C24H30BClN4O7S3. The van der Waals surface area contributed by atoms with E-state index >= 15 is 0 Å². The van der Waals surface area contributed by atoms with Gasteiger partial charge in [-0.3, -0.25) is 14.4 Å². The van der Waals surface area contributed by atoms with Crippen molar-refractivity contribution < 1.29 is 33.4 Å². The number of nitrogens with zero attached hydrogens (tertiary/aromatic N) is 3. The molecule has 3 heterocycles.